The Morgan fingerprint density at radius 2 is 2.00 bits per heavy atom. The van der Waals surface area contributed by atoms with Crippen LogP contribution in [0.4, 0.5) is 4.39 Å². The highest BCUT2D eigenvalue weighted by Gasteiger charge is 2.08. The van der Waals surface area contributed by atoms with Gasteiger partial charge in [-0.25, -0.2) is 4.39 Å². The summed E-state index contributed by atoms with van der Waals surface area (Å²) in [7, 11) is 0. The van der Waals surface area contributed by atoms with Gasteiger partial charge >= 0.3 is 0 Å². The van der Waals surface area contributed by atoms with Crippen LogP contribution in [-0.2, 0) is 0 Å². The van der Waals surface area contributed by atoms with E-state index in [1.807, 2.05) is 18.2 Å². The Kier molecular flexibility index (Phi) is 4.33. The molecule has 0 aromatic heterocycles. The number of halogens is 1. The van der Waals surface area contributed by atoms with Crippen LogP contribution in [0.3, 0.4) is 0 Å². The van der Waals surface area contributed by atoms with E-state index in [9.17, 15) is 4.39 Å². The van der Waals surface area contributed by atoms with Crippen LogP contribution in [0, 0.1) is 5.82 Å². The average molecular weight is 193 g/mol. The number of benzene rings is 1. The Bertz CT molecular complexity index is 279. The van der Waals surface area contributed by atoms with Gasteiger partial charge in [-0.3, -0.25) is 0 Å². The molecule has 0 fully saturated rings. The zero-order valence-electron chi connectivity index (χ0n) is 8.25. The molecule has 0 spiro atoms. The predicted molar refractivity (Wildman–Crippen MR) is 57.6 cm³/mol. The minimum Gasteiger partial charge on any atom is -0.330 e. The lowest BCUT2D eigenvalue weighted by molar-refractivity contribution is 0.617. The minimum atomic E-state index is -0.196. The molecule has 0 unspecified atom stereocenters. The van der Waals surface area contributed by atoms with E-state index < -0.39 is 0 Å². The molecule has 1 rings (SSSR count). The Hall–Kier alpha value is -1.15. The number of rotatable bonds is 5. The van der Waals surface area contributed by atoms with E-state index in [0.29, 0.717) is 12.5 Å². The molecule has 0 saturated carbocycles. The molecule has 0 aliphatic heterocycles. The van der Waals surface area contributed by atoms with Crippen LogP contribution in [0.5, 0.6) is 0 Å². The molecule has 14 heavy (non-hydrogen) atoms. The third-order valence-electron chi connectivity index (χ3n) is 2.31. The first-order chi connectivity index (χ1) is 6.77. The summed E-state index contributed by atoms with van der Waals surface area (Å²) in [5.74, 6) is 0.178. The molecule has 2 heteroatoms. The van der Waals surface area contributed by atoms with Gasteiger partial charge < -0.3 is 5.73 Å². The van der Waals surface area contributed by atoms with Gasteiger partial charge in [-0.15, -0.1) is 6.58 Å². The van der Waals surface area contributed by atoms with Crippen molar-refractivity contribution in [1.82, 2.24) is 0 Å². The van der Waals surface area contributed by atoms with Crippen LogP contribution in [0.2, 0.25) is 0 Å². The van der Waals surface area contributed by atoms with Crippen LogP contribution in [0.15, 0.2) is 36.9 Å². The van der Waals surface area contributed by atoms with E-state index in [2.05, 4.69) is 6.58 Å². The lowest BCUT2D eigenvalue weighted by Gasteiger charge is -2.14. The van der Waals surface area contributed by atoms with Gasteiger partial charge in [-0.1, -0.05) is 18.2 Å². The molecule has 1 aromatic carbocycles. The molecule has 2 N–H and O–H groups in total. The van der Waals surface area contributed by atoms with E-state index in [-0.39, 0.29) is 5.82 Å². The summed E-state index contributed by atoms with van der Waals surface area (Å²) in [6.45, 7) is 4.36. The van der Waals surface area contributed by atoms with Crippen molar-refractivity contribution in [3.8, 4) is 0 Å². The van der Waals surface area contributed by atoms with Crippen molar-refractivity contribution in [2.75, 3.05) is 6.54 Å². The third kappa shape index (κ3) is 2.96. The maximum Gasteiger partial charge on any atom is 0.123 e. The Morgan fingerprint density at radius 1 is 1.36 bits per heavy atom. The van der Waals surface area contributed by atoms with E-state index in [0.717, 1.165) is 18.4 Å². The maximum atomic E-state index is 12.7. The summed E-state index contributed by atoms with van der Waals surface area (Å²) >= 11 is 0. The van der Waals surface area contributed by atoms with Gasteiger partial charge in [0.15, 0.2) is 0 Å². The van der Waals surface area contributed by atoms with Gasteiger partial charge in [0.1, 0.15) is 5.82 Å². The van der Waals surface area contributed by atoms with Gasteiger partial charge in [0, 0.05) is 0 Å². The second kappa shape index (κ2) is 5.55. The highest BCUT2D eigenvalue weighted by molar-refractivity contribution is 5.21. The first-order valence-corrected chi connectivity index (χ1v) is 4.84. The van der Waals surface area contributed by atoms with Crippen LogP contribution < -0.4 is 5.73 Å². The van der Waals surface area contributed by atoms with Crippen molar-refractivity contribution >= 4 is 0 Å². The van der Waals surface area contributed by atoms with E-state index in [1.54, 1.807) is 0 Å². The summed E-state index contributed by atoms with van der Waals surface area (Å²) in [5, 5.41) is 0. The van der Waals surface area contributed by atoms with Gasteiger partial charge in [-0.05, 0) is 43.0 Å². The molecule has 0 aliphatic rings. The van der Waals surface area contributed by atoms with Crippen molar-refractivity contribution in [2.45, 2.75) is 18.8 Å². The van der Waals surface area contributed by atoms with E-state index >= 15 is 0 Å². The second-order valence-corrected chi connectivity index (χ2v) is 3.35. The largest absolute Gasteiger partial charge is 0.330 e. The second-order valence-electron chi connectivity index (χ2n) is 3.35. The number of allylic oxidation sites excluding steroid dienone is 1. The van der Waals surface area contributed by atoms with Crippen molar-refractivity contribution in [2.24, 2.45) is 5.73 Å². The highest BCUT2D eigenvalue weighted by Crippen LogP contribution is 2.23. The Labute approximate surface area is 84.4 Å². The SMILES string of the molecule is C=CC[C@@H](CCN)c1ccc(F)cc1. The Morgan fingerprint density at radius 3 is 2.50 bits per heavy atom. The number of nitrogens with two attached hydrogens (primary N) is 1. The average Bonchev–Trinajstić information content (AvgIpc) is 2.19. The lowest BCUT2D eigenvalue weighted by Crippen LogP contribution is -2.06. The molecule has 1 nitrogen and oxygen atoms in total. The molecule has 0 bridgehead atoms. The van der Waals surface area contributed by atoms with Crippen molar-refractivity contribution < 1.29 is 4.39 Å². The van der Waals surface area contributed by atoms with Gasteiger partial charge in [0.05, 0.1) is 0 Å². The van der Waals surface area contributed by atoms with E-state index in [1.165, 1.54) is 12.1 Å². The van der Waals surface area contributed by atoms with Gasteiger partial charge in [0.2, 0.25) is 0 Å². The van der Waals surface area contributed by atoms with Crippen LogP contribution in [0.25, 0.3) is 0 Å². The molecule has 1 aromatic rings. The zero-order valence-corrected chi connectivity index (χ0v) is 8.25. The molecule has 1 atom stereocenters. The minimum absolute atomic E-state index is 0.196. The summed E-state index contributed by atoms with van der Waals surface area (Å²) in [5.41, 5.74) is 6.65. The molecule has 0 saturated heterocycles. The van der Waals surface area contributed by atoms with Crippen molar-refractivity contribution in [3.63, 3.8) is 0 Å². The van der Waals surface area contributed by atoms with E-state index in [4.69, 9.17) is 5.73 Å². The first kappa shape index (κ1) is 10.9. The third-order valence-corrected chi connectivity index (χ3v) is 2.31. The van der Waals surface area contributed by atoms with Crippen LogP contribution in [-0.4, -0.2) is 6.54 Å². The number of hydrogen-bond acceptors (Lipinski definition) is 1. The highest BCUT2D eigenvalue weighted by atomic mass is 19.1. The van der Waals surface area contributed by atoms with Gasteiger partial charge in [-0.2, -0.15) is 0 Å². The normalized spacial score (nSPS) is 12.4. The first-order valence-electron chi connectivity index (χ1n) is 4.84. The molecule has 0 aliphatic carbocycles. The fourth-order valence-electron chi connectivity index (χ4n) is 1.56. The molecule has 0 amide bonds. The van der Waals surface area contributed by atoms with Crippen molar-refractivity contribution in [1.29, 1.82) is 0 Å². The maximum absolute atomic E-state index is 12.7. The number of hydrogen-bond donors (Lipinski definition) is 1. The summed E-state index contributed by atoms with van der Waals surface area (Å²) in [4.78, 5) is 0. The molecule has 0 heterocycles. The Balaban J connectivity index is 2.76. The fourth-order valence-corrected chi connectivity index (χ4v) is 1.56. The zero-order chi connectivity index (χ0) is 10.4. The predicted octanol–water partition coefficient (Wildman–Crippen LogP) is 2.83. The lowest BCUT2D eigenvalue weighted by atomic mass is 9.93. The summed E-state index contributed by atoms with van der Waals surface area (Å²) in [6.07, 6.45) is 3.68. The standard InChI is InChI=1S/C12H16FN/c1-2-3-10(8-9-14)11-4-6-12(13)7-5-11/h2,4-7,10H,1,3,8-9,14H2/t10-/m0/s1. The summed E-state index contributed by atoms with van der Waals surface area (Å²) < 4.78 is 12.7. The molecular formula is C12H16FN. The molecular weight excluding hydrogens is 177 g/mol. The molecule has 76 valence electrons. The van der Waals surface area contributed by atoms with Gasteiger partial charge in [0.25, 0.3) is 0 Å². The summed E-state index contributed by atoms with van der Waals surface area (Å²) in [6, 6.07) is 6.61. The monoisotopic (exact) mass is 193 g/mol. The smallest absolute Gasteiger partial charge is 0.123 e. The van der Waals surface area contributed by atoms with Crippen LogP contribution >= 0.6 is 0 Å². The quantitative estimate of drug-likeness (QED) is 0.715. The van der Waals surface area contributed by atoms with Crippen LogP contribution in [0.1, 0.15) is 24.3 Å². The molecule has 0 radical (unpaired) electrons. The van der Waals surface area contributed by atoms with Crippen molar-refractivity contribution in [3.05, 3.63) is 48.3 Å². The topological polar surface area (TPSA) is 26.0 Å². The fraction of sp³-hybridized carbons (Fsp3) is 0.333.